The Bertz CT molecular complexity index is 763. The number of sulfonamides is 1. The van der Waals surface area contributed by atoms with Gasteiger partial charge in [-0.15, -0.1) is 0 Å². The van der Waals surface area contributed by atoms with E-state index in [9.17, 15) is 8.42 Å². The molecule has 0 saturated heterocycles. The topological polar surface area (TPSA) is 46.2 Å². The molecule has 0 atom stereocenters. The summed E-state index contributed by atoms with van der Waals surface area (Å²) in [4.78, 5) is -0.0564. The van der Waals surface area contributed by atoms with Gasteiger partial charge in [0.05, 0.1) is 15.7 Å². The molecule has 0 unspecified atom stereocenters. The fourth-order valence-electron chi connectivity index (χ4n) is 1.59. The van der Waals surface area contributed by atoms with E-state index in [2.05, 4.69) is 20.7 Å². The third-order valence-electron chi connectivity index (χ3n) is 2.57. The van der Waals surface area contributed by atoms with E-state index in [1.807, 2.05) is 19.1 Å². The number of benzene rings is 2. The molecule has 0 spiro atoms. The van der Waals surface area contributed by atoms with Crippen LogP contribution >= 0.6 is 39.1 Å². The number of aryl methyl sites for hydroxylation is 1. The summed E-state index contributed by atoms with van der Waals surface area (Å²) in [5.41, 5.74) is 1.45. The number of nitrogens with one attached hydrogen (secondary N) is 1. The monoisotopic (exact) mass is 393 g/mol. The van der Waals surface area contributed by atoms with Crippen LogP contribution in [-0.2, 0) is 10.0 Å². The summed E-state index contributed by atoms with van der Waals surface area (Å²) in [5.74, 6) is 0. The predicted octanol–water partition coefficient (Wildman–Crippen LogP) is 4.87. The molecule has 7 heteroatoms. The van der Waals surface area contributed by atoms with Gasteiger partial charge >= 0.3 is 0 Å². The number of rotatable bonds is 3. The van der Waals surface area contributed by atoms with Gasteiger partial charge in [0.15, 0.2) is 0 Å². The molecule has 0 aliphatic rings. The zero-order valence-corrected chi connectivity index (χ0v) is 14.2. The number of halogens is 3. The highest BCUT2D eigenvalue weighted by molar-refractivity contribution is 9.10. The molecule has 2 rings (SSSR count). The van der Waals surface area contributed by atoms with Crippen molar-refractivity contribution in [3.8, 4) is 0 Å². The smallest absolute Gasteiger partial charge is 0.263 e. The molecule has 0 amide bonds. The molecule has 0 aromatic heterocycles. The third kappa shape index (κ3) is 3.28. The van der Waals surface area contributed by atoms with Crippen LogP contribution in [-0.4, -0.2) is 8.42 Å². The molecule has 2 aromatic carbocycles. The summed E-state index contributed by atoms with van der Waals surface area (Å²) >= 11 is 15.1. The van der Waals surface area contributed by atoms with E-state index in [1.54, 1.807) is 6.07 Å². The van der Waals surface area contributed by atoms with E-state index in [1.165, 1.54) is 18.2 Å². The third-order valence-corrected chi connectivity index (χ3v) is 5.57. The highest BCUT2D eigenvalue weighted by Crippen LogP contribution is 2.31. The molecule has 0 aliphatic heterocycles. The first kappa shape index (κ1) is 15.6. The van der Waals surface area contributed by atoms with Gasteiger partial charge in [-0.2, -0.15) is 0 Å². The van der Waals surface area contributed by atoms with Crippen LogP contribution in [0.3, 0.4) is 0 Å². The van der Waals surface area contributed by atoms with E-state index in [4.69, 9.17) is 23.2 Å². The molecule has 0 saturated carbocycles. The average Bonchev–Trinajstić information content (AvgIpc) is 2.36. The molecule has 0 aliphatic carbocycles. The van der Waals surface area contributed by atoms with E-state index >= 15 is 0 Å². The molecule has 0 radical (unpaired) electrons. The van der Waals surface area contributed by atoms with Crippen molar-refractivity contribution in [3.05, 3.63) is 56.5 Å². The van der Waals surface area contributed by atoms with Gasteiger partial charge in [-0.3, -0.25) is 4.72 Å². The van der Waals surface area contributed by atoms with Crippen LogP contribution in [0.5, 0.6) is 0 Å². The first-order valence-corrected chi connectivity index (χ1v) is 8.57. The zero-order chi connectivity index (χ0) is 14.9. The number of hydrogen-bond acceptors (Lipinski definition) is 2. The molecule has 1 N–H and O–H groups in total. The van der Waals surface area contributed by atoms with Crippen LogP contribution in [0, 0.1) is 6.92 Å². The van der Waals surface area contributed by atoms with Gasteiger partial charge in [0.2, 0.25) is 0 Å². The van der Waals surface area contributed by atoms with Crippen LogP contribution in [0.25, 0.3) is 0 Å². The SMILES string of the molecule is Cc1ccc(NS(=O)(=O)c2cccc(Cl)c2Cl)c(Br)c1. The van der Waals surface area contributed by atoms with Crippen LogP contribution in [0.1, 0.15) is 5.56 Å². The van der Waals surface area contributed by atoms with Gasteiger partial charge in [-0.1, -0.05) is 35.3 Å². The van der Waals surface area contributed by atoms with Crippen molar-refractivity contribution < 1.29 is 8.42 Å². The second kappa shape index (κ2) is 5.93. The summed E-state index contributed by atoms with van der Waals surface area (Å²) in [7, 11) is -3.80. The van der Waals surface area contributed by atoms with Gasteiger partial charge in [-0.05, 0) is 52.7 Å². The fourth-order valence-corrected chi connectivity index (χ4v) is 4.16. The molecule has 3 nitrogen and oxygen atoms in total. The van der Waals surface area contributed by atoms with E-state index in [0.717, 1.165) is 5.56 Å². The lowest BCUT2D eigenvalue weighted by molar-refractivity contribution is 0.601. The summed E-state index contributed by atoms with van der Waals surface area (Å²) in [6.45, 7) is 1.91. The minimum absolute atomic E-state index is 0.00454. The number of hydrogen-bond donors (Lipinski definition) is 1. The Morgan fingerprint density at radius 1 is 1.15 bits per heavy atom. The van der Waals surface area contributed by atoms with Crippen molar-refractivity contribution in [3.63, 3.8) is 0 Å². The first-order valence-electron chi connectivity index (χ1n) is 5.54. The minimum atomic E-state index is -3.80. The summed E-state index contributed by atoms with van der Waals surface area (Å²) < 4.78 is 27.8. The van der Waals surface area contributed by atoms with Crippen molar-refractivity contribution in [1.29, 1.82) is 0 Å². The van der Waals surface area contributed by atoms with Crippen LogP contribution < -0.4 is 4.72 Å². The van der Waals surface area contributed by atoms with Gasteiger partial charge in [-0.25, -0.2) is 8.42 Å². The molecular formula is C13H10BrCl2NO2S. The van der Waals surface area contributed by atoms with Gasteiger partial charge in [0.1, 0.15) is 4.90 Å². The van der Waals surface area contributed by atoms with Crippen molar-refractivity contribution in [2.24, 2.45) is 0 Å². The molecule has 2 aromatic rings. The molecular weight excluding hydrogens is 385 g/mol. The molecule has 0 heterocycles. The Morgan fingerprint density at radius 2 is 1.85 bits per heavy atom. The van der Waals surface area contributed by atoms with Crippen molar-refractivity contribution >= 4 is 54.8 Å². The lowest BCUT2D eigenvalue weighted by Crippen LogP contribution is -2.14. The van der Waals surface area contributed by atoms with Crippen LogP contribution in [0.2, 0.25) is 10.0 Å². The fraction of sp³-hybridized carbons (Fsp3) is 0.0769. The predicted molar refractivity (Wildman–Crippen MR) is 86.1 cm³/mol. The molecule has 0 fully saturated rings. The summed E-state index contributed by atoms with van der Waals surface area (Å²) in [6.07, 6.45) is 0. The second-order valence-corrected chi connectivity index (χ2v) is 7.43. The van der Waals surface area contributed by atoms with Crippen molar-refractivity contribution in [1.82, 2.24) is 0 Å². The minimum Gasteiger partial charge on any atom is -0.278 e. The lowest BCUT2D eigenvalue weighted by Gasteiger charge is -2.12. The normalized spacial score (nSPS) is 11.4. The summed E-state index contributed by atoms with van der Waals surface area (Å²) in [5, 5.41) is 0.197. The standard InChI is InChI=1S/C13H10BrCl2NO2S/c1-8-5-6-11(9(14)7-8)17-20(18,19)12-4-2-3-10(15)13(12)16/h2-7,17H,1H3. The largest absolute Gasteiger partial charge is 0.278 e. The van der Waals surface area contributed by atoms with Crippen LogP contribution in [0.4, 0.5) is 5.69 Å². The Kier molecular flexibility index (Phi) is 4.64. The van der Waals surface area contributed by atoms with E-state index in [0.29, 0.717) is 10.2 Å². The molecule has 0 bridgehead atoms. The van der Waals surface area contributed by atoms with Gasteiger partial charge < -0.3 is 0 Å². The number of anilines is 1. The maximum atomic E-state index is 12.3. The Hall–Kier alpha value is -0.750. The van der Waals surface area contributed by atoms with Crippen molar-refractivity contribution in [2.45, 2.75) is 11.8 Å². The average molecular weight is 395 g/mol. The maximum Gasteiger partial charge on any atom is 0.263 e. The second-order valence-electron chi connectivity index (χ2n) is 4.14. The quantitative estimate of drug-likeness (QED) is 0.807. The van der Waals surface area contributed by atoms with E-state index in [-0.39, 0.29) is 14.9 Å². The van der Waals surface area contributed by atoms with Crippen LogP contribution in [0.15, 0.2) is 45.8 Å². The Balaban J connectivity index is 2.44. The summed E-state index contributed by atoms with van der Waals surface area (Å²) in [6, 6.07) is 9.77. The maximum absolute atomic E-state index is 12.3. The first-order chi connectivity index (χ1) is 9.31. The highest BCUT2D eigenvalue weighted by atomic mass is 79.9. The highest BCUT2D eigenvalue weighted by Gasteiger charge is 2.20. The molecule has 106 valence electrons. The lowest BCUT2D eigenvalue weighted by atomic mass is 10.2. The Labute approximate surface area is 136 Å². The van der Waals surface area contributed by atoms with Gasteiger partial charge in [0.25, 0.3) is 10.0 Å². The van der Waals surface area contributed by atoms with E-state index < -0.39 is 10.0 Å². The Morgan fingerprint density at radius 3 is 2.50 bits per heavy atom. The van der Waals surface area contributed by atoms with Crippen molar-refractivity contribution in [2.75, 3.05) is 4.72 Å². The zero-order valence-electron chi connectivity index (χ0n) is 10.3. The molecule has 20 heavy (non-hydrogen) atoms. The van der Waals surface area contributed by atoms with Gasteiger partial charge in [0, 0.05) is 4.47 Å².